The van der Waals surface area contributed by atoms with E-state index in [1.807, 2.05) is 13.8 Å². The number of nitrogens with one attached hydrogen (secondary N) is 1. The van der Waals surface area contributed by atoms with Gasteiger partial charge in [0.2, 0.25) is 5.82 Å². The van der Waals surface area contributed by atoms with E-state index in [4.69, 9.17) is 0 Å². The van der Waals surface area contributed by atoms with E-state index in [1.54, 1.807) is 11.6 Å². The van der Waals surface area contributed by atoms with Gasteiger partial charge in [0, 0.05) is 12.1 Å². The molecule has 1 aromatic rings. The van der Waals surface area contributed by atoms with Gasteiger partial charge in [-0.15, -0.1) is 0 Å². The van der Waals surface area contributed by atoms with Gasteiger partial charge in [0.1, 0.15) is 5.69 Å². The summed E-state index contributed by atoms with van der Waals surface area (Å²) in [6.07, 6.45) is 3.47. The SMILES string of the molecule is Cc1nn(C(C)C)c(NC2CCCC(C)C2C)c1[N+](=O)[O-]. The fourth-order valence-corrected chi connectivity index (χ4v) is 3.23. The van der Waals surface area contributed by atoms with E-state index in [0.29, 0.717) is 23.3 Å². The largest absolute Gasteiger partial charge is 0.362 e. The number of nitro groups is 1. The summed E-state index contributed by atoms with van der Waals surface area (Å²) in [5.74, 6) is 1.72. The Morgan fingerprint density at radius 3 is 2.62 bits per heavy atom. The number of aromatic nitrogens is 2. The molecule has 1 fully saturated rings. The van der Waals surface area contributed by atoms with Crippen LogP contribution in [0.4, 0.5) is 11.5 Å². The summed E-state index contributed by atoms with van der Waals surface area (Å²) in [5.41, 5.74) is 0.599. The molecule has 6 nitrogen and oxygen atoms in total. The topological polar surface area (TPSA) is 73.0 Å². The number of rotatable bonds is 4. The molecule has 6 heteroatoms. The van der Waals surface area contributed by atoms with E-state index in [9.17, 15) is 10.1 Å². The van der Waals surface area contributed by atoms with Crippen LogP contribution >= 0.6 is 0 Å². The van der Waals surface area contributed by atoms with Gasteiger partial charge >= 0.3 is 5.69 Å². The first-order chi connectivity index (χ1) is 9.82. The summed E-state index contributed by atoms with van der Waals surface area (Å²) in [5, 5.41) is 19.2. The molecule has 1 heterocycles. The Balaban J connectivity index is 2.35. The minimum atomic E-state index is -0.319. The van der Waals surface area contributed by atoms with E-state index in [1.165, 1.54) is 12.8 Å². The third-order valence-corrected chi connectivity index (χ3v) is 4.75. The quantitative estimate of drug-likeness (QED) is 0.674. The van der Waals surface area contributed by atoms with Gasteiger partial charge in [0.15, 0.2) is 0 Å². The molecule has 1 aromatic heterocycles. The highest BCUT2D eigenvalue weighted by Gasteiger charge is 2.32. The molecule has 0 saturated heterocycles. The summed E-state index contributed by atoms with van der Waals surface area (Å²) < 4.78 is 1.75. The average Bonchev–Trinajstić information content (AvgIpc) is 2.72. The van der Waals surface area contributed by atoms with Crippen LogP contribution in [0.5, 0.6) is 0 Å². The molecule has 1 N–H and O–H groups in total. The van der Waals surface area contributed by atoms with E-state index in [0.717, 1.165) is 6.42 Å². The minimum absolute atomic E-state index is 0.0937. The maximum atomic E-state index is 11.4. The van der Waals surface area contributed by atoms with Crippen molar-refractivity contribution < 1.29 is 4.92 Å². The van der Waals surface area contributed by atoms with Crippen LogP contribution in [-0.4, -0.2) is 20.7 Å². The summed E-state index contributed by atoms with van der Waals surface area (Å²) >= 11 is 0. The lowest BCUT2D eigenvalue weighted by Crippen LogP contribution is -2.36. The molecule has 118 valence electrons. The van der Waals surface area contributed by atoms with Crippen molar-refractivity contribution in [3.8, 4) is 0 Å². The van der Waals surface area contributed by atoms with Gasteiger partial charge in [-0.1, -0.05) is 26.7 Å². The smallest absolute Gasteiger partial charge is 0.333 e. The second-order valence-electron chi connectivity index (χ2n) is 6.60. The van der Waals surface area contributed by atoms with Crippen molar-refractivity contribution in [1.29, 1.82) is 0 Å². The molecule has 0 spiro atoms. The number of anilines is 1. The van der Waals surface area contributed by atoms with E-state index < -0.39 is 0 Å². The molecule has 1 aliphatic rings. The zero-order valence-corrected chi connectivity index (χ0v) is 13.6. The van der Waals surface area contributed by atoms with Gasteiger partial charge in [0.05, 0.1) is 4.92 Å². The van der Waals surface area contributed by atoms with Crippen molar-refractivity contribution in [1.82, 2.24) is 9.78 Å². The highest BCUT2D eigenvalue weighted by atomic mass is 16.6. The predicted octanol–water partition coefficient (Wildman–Crippen LogP) is 3.92. The number of hydrogen-bond donors (Lipinski definition) is 1. The Morgan fingerprint density at radius 1 is 1.38 bits per heavy atom. The fourth-order valence-electron chi connectivity index (χ4n) is 3.23. The normalized spacial score (nSPS) is 26.1. The molecule has 2 rings (SSSR count). The maximum absolute atomic E-state index is 11.4. The van der Waals surface area contributed by atoms with Crippen LogP contribution in [0.1, 0.15) is 58.7 Å². The summed E-state index contributed by atoms with van der Waals surface area (Å²) in [6, 6.07) is 0.372. The summed E-state index contributed by atoms with van der Waals surface area (Å²) in [7, 11) is 0. The Kier molecular flexibility index (Phi) is 4.54. The van der Waals surface area contributed by atoms with Crippen molar-refractivity contribution in [3.63, 3.8) is 0 Å². The molecule has 0 aromatic carbocycles. The van der Waals surface area contributed by atoms with Gasteiger partial charge in [-0.25, -0.2) is 4.68 Å². The lowest BCUT2D eigenvalue weighted by atomic mass is 9.78. The van der Waals surface area contributed by atoms with Crippen LogP contribution in [0, 0.1) is 28.9 Å². The van der Waals surface area contributed by atoms with Crippen molar-refractivity contribution in [2.75, 3.05) is 5.32 Å². The first-order valence-electron chi connectivity index (χ1n) is 7.83. The van der Waals surface area contributed by atoms with E-state index in [2.05, 4.69) is 24.3 Å². The molecule has 0 bridgehead atoms. The minimum Gasteiger partial charge on any atom is -0.362 e. The molecule has 1 aliphatic carbocycles. The van der Waals surface area contributed by atoms with Crippen LogP contribution < -0.4 is 5.32 Å². The molecule has 0 amide bonds. The molecule has 0 aliphatic heterocycles. The van der Waals surface area contributed by atoms with Gasteiger partial charge in [-0.3, -0.25) is 10.1 Å². The summed E-state index contributed by atoms with van der Waals surface area (Å²) in [6.45, 7) is 10.2. The van der Waals surface area contributed by atoms with Crippen LogP contribution in [-0.2, 0) is 0 Å². The Labute approximate surface area is 126 Å². The molecule has 3 unspecified atom stereocenters. The zero-order valence-electron chi connectivity index (χ0n) is 13.6. The standard InChI is InChI=1S/C15H26N4O2/c1-9(2)18-15(14(19(20)21)12(5)17-18)16-13-8-6-7-10(3)11(13)4/h9-11,13,16H,6-8H2,1-5H3. The number of hydrogen-bond acceptors (Lipinski definition) is 4. The Bertz CT molecular complexity index is 524. The maximum Gasteiger partial charge on any atom is 0.333 e. The Hall–Kier alpha value is -1.59. The number of nitrogens with zero attached hydrogens (tertiary/aromatic N) is 3. The molecule has 0 radical (unpaired) electrons. The lowest BCUT2D eigenvalue weighted by Gasteiger charge is -2.35. The third-order valence-electron chi connectivity index (χ3n) is 4.75. The van der Waals surface area contributed by atoms with Gasteiger partial charge in [-0.2, -0.15) is 5.10 Å². The Morgan fingerprint density at radius 2 is 2.05 bits per heavy atom. The van der Waals surface area contributed by atoms with Gasteiger partial charge < -0.3 is 5.32 Å². The van der Waals surface area contributed by atoms with Crippen LogP contribution in [0.3, 0.4) is 0 Å². The van der Waals surface area contributed by atoms with Crippen molar-refractivity contribution >= 4 is 11.5 Å². The van der Waals surface area contributed by atoms with Gasteiger partial charge in [0.25, 0.3) is 0 Å². The van der Waals surface area contributed by atoms with Crippen LogP contribution in [0.2, 0.25) is 0 Å². The van der Waals surface area contributed by atoms with Crippen LogP contribution in [0.15, 0.2) is 0 Å². The monoisotopic (exact) mass is 294 g/mol. The van der Waals surface area contributed by atoms with Crippen LogP contribution in [0.25, 0.3) is 0 Å². The predicted molar refractivity (Wildman–Crippen MR) is 83.6 cm³/mol. The molecular formula is C15H26N4O2. The third kappa shape index (κ3) is 3.04. The van der Waals surface area contributed by atoms with E-state index in [-0.39, 0.29) is 22.7 Å². The van der Waals surface area contributed by atoms with Crippen molar-refractivity contribution in [2.45, 2.75) is 66.0 Å². The summed E-state index contributed by atoms with van der Waals surface area (Å²) in [4.78, 5) is 11.1. The molecule has 3 atom stereocenters. The molecule has 1 saturated carbocycles. The van der Waals surface area contributed by atoms with Gasteiger partial charge in [-0.05, 0) is 39.0 Å². The van der Waals surface area contributed by atoms with Crippen molar-refractivity contribution in [3.05, 3.63) is 15.8 Å². The second-order valence-corrected chi connectivity index (χ2v) is 6.60. The highest BCUT2D eigenvalue weighted by Crippen LogP contribution is 2.36. The highest BCUT2D eigenvalue weighted by molar-refractivity contribution is 5.60. The lowest BCUT2D eigenvalue weighted by molar-refractivity contribution is -0.384. The average molecular weight is 294 g/mol. The first-order valence-corrected chi connectivity index (χ1v) is 7.83. The number of aryl methyl sites for hydroxylation is 1. The van der Waals surface area contributed by atoms with E-state index >= 15 is 0 Å². The van der Waals surface area contributed by atoms with Crippen molar-refractivity contribution in [2.24, 2.45) is 11.8 Å². The molecule has 21 heavy (non-hydrogen) atoms. The second kappa shape index (κ2) is 6.03. The zero-order chi connectivity index (χ0) is 15.7. The fraction of sp³-hybridized carbons (Fsp3) is 0.800. The molecular weight excluding hydrogens is 268 g/mol. The first kappa shape index (κ1) is 15.8.